The molecular formula is C10H11N3O2S2. The first-order valence-corrected chi connectivity index (χ1v) is 7.41. The van der Waals surface area contributed by atoms with Crippen LogP contribution in [0.1, 0.15) is 22.6 Å². The Balaban J connectivity index is 1.85. The lowest BCUT2D eigenvalue weighted by molar-refractivity contribution is 0.490. The highest BCUT2D eigenvalue weighted by molar-refractivity contribution is 8.16. The Hall–Kier alpha value is -0.950. The lowest BCUT2D eigenvalue weighted by Gasteiger charge is -2.16. The van der Waals surface area contributed by atoms with E-state index < -0.39 is 0 Å². The van der Waals surface area contributed by atoms with Crippen LogP contribution < -0.4 is 0 Å². The van der Waals surface area contributed by atoms with E-state index in [2.05, 4.69) is 15.2 Å². The molecule has 0 aliphatic carbocycles. The summed E-state index contributed by atoms with van der Waals surface area (Å²) in [4.78, 5) is 4.01. The zero-order valence-corrected chi connectivity index (χ0v) is 10.9. The third kappa shape index (κ3) is 2.21. The monoisotopic (exact) mass is 269 g/mol. The molecule has 7 heteroatoms. The first kappa shape index (κ1) is 11.2. The topological polar surface area (TPSA) is 65.0 Å². The van der Waals surface area contributed by atoms with Crippen LogP contribution in [0.25, 0.3) is 11.7 Å². The van der Waals surface area contributed by atoms with Crippen molar-refractivity contribution in [3.05, 3.63) is 18.0 Å². The molecule has 17 heavy (non-hydrogen) atoms. The Morgan fingerprint density at radius 3 is 2.82 bits per heavy atom. The van der Waals surface area contributed by atoms with Crippen molar-refractivity contribution >= 4 is 23.5 Å². The van der Waals surface area contributed by atoms with Crippen LogP contribution in [0.2, 0.25) is 0 Å². The summed E-state index contributed by atoms with van der Waals surface area (Å²) in [7, 11) is 0. The van der Waals surface area contributed by atoms with Crippen molar-refractivity contribution in [3.63, 3.8) is 0 Å². The van der Waals surface area contributed by atoms with E-state index in [-0.39, 0.29) is 4.58 Å². The van der Waals surface area contributed by atoms with Crippen molar-refractivity contribution in [1.29, 1.82) is 0 Å². The molecule has 0 saturated carbocycles. The molecule has 3 rings (SSSR count). The van der Waals surface area contributed by atoms with E-state index in [1.165, 1.54) is 12.8 Å². The van der Waals surface area contributed by atoms with Crippen molar-refractivity contribution in [2.75, 3.05) is 11.5 Å². The summed E-state index contributed by atoms with van der Waals surface area (Å²) in [5, 5.41) is 8.11. The van der Waals surface area contributed by atoms with Gasteiger partial charge in [0.15, 0.2) is 6.39 Å². The quantitative estimate of drug-likeness (QED) is 0.830. The molecule has 1 aliphatic heterocycles. The van der Waals surface area contributed by atoms with Crippen LogP contribution in [0.4, 0.5) is 0 Å². The van der Waals surface area contributed by atoms with Gasteiger partial charge in [-0.1, -0.05) is 0 Å². The third-order valence-electron chi connectivity index (χ3n) is 2.41. The van der Waals surface area contributed by atoms with Gasteiger partial charge in [-0.05, 0) is 24.9 Å². The van der Waals surface area contributed by atoms with Crippen LogP contribution in [0, 0.1) is 6.92 Å². The minimum Gasteiger partial charge on any atom is -0.438 e. The Morgan fingerprint density at radius 1 is 1.29 bits per heavy atom. The fraction of sp³-hybridized carbons (Fsp3) is 0.500. The first-order chi connectivity index (χ1) is 8.34. The molecule has 0 atom stereocenters. The summed E-state index contributed by atoms with van der Waals surface area (Å²) in [6.45, 7) is 1.85. The highest BCUT2D eigenvalue weighted by Gasteiger charge is 2.24. The van der Waals surface area contributed by atoms with Gasteiger partial charge < -0.3 is 8.83 Å². The van der Waals surface area contributed by atoms with E-state index in [0.29, 0.717) is 17.5 Å². The minimum absolute atomic E-state index is 0.258. The summed E-state index contributed by atoms with van der Waals surface area (Å²) in [5.74, 6) is 3.95. The Bertz CT molecular complexity index is 505. The normalized spacial score (nSPS) is 17.5. The molecule has 0 N–H and O–H groups in total. The zero-order valence-electron chi connectivity index (χ0n) is 9.25. The van der Waals surface area contributed by atoms with Gasteiger partial charge in [0.2, 0.25) is 11.7 Å². The summed E-state index contributed by atoms with van der Waals surface area (Å²) in [6.07, 6.45) is 2.63. The molecule has 0 amide bonds. The van der Waals surface area contributed by atoms with Gasteiger partial charge in [0.05, 0.1) is 5.69 Å². The molecule has 0 unspecified atom stereocenters. The van der Waals surface area contributed by atoms with Crippen LogP contribution in [0.5, 0.6) is 0 Å². The van der Waals surface area contributed by atoms with Crippen LogP contribution in [0.15, 0.2) is 15.2 Å². The van der Waals surface area contributed by atoms with Crippen LogP contribution in [-0.4, -0.2) is 26.7 Å². The molecule has 0 radical (unpaired) electrons. The van der Waals surface area contributed by atoms with Crippen molar-refractivity contribution in [2.45, 2.75) is 17.9 Å². The number of aryl methyl sites for hydroxylation is 1. The number of aromatic nitrogens is 3. The van der Waals surface area contributed by atoms with Crippen LogP contribution in [-0.2, 0) is 0 Å². The average Bonchev–Trinajstić information content (AvgIpc) is 2.98. The van der Waals surface area contributed by atoms with E-state index in [9.17, 15) is 0 Å². The second-order valence-electron chi connectivity index (χ2n) is 3.64. The number of rotatable bonds is 2. The van der Waals surface area contributed by atoms with Gasteiger partial charge in [-0.3, -0.25) is 0 Å². The standard InChI is InChI=1S/C10H11N3O2S2/c1-6-7(14-5-11-6)8-12-13-9(15-8)10-16-3-2-4-17-10/h5,10H,2-4H2,1H3. The Labute approximate surface area is 107 Å². The van der Waals surface area contributed by atoms with E-state index in [0.717, 1.165) is 17.2 Å². The predicted octanol–water partition coefficient (Wildman–Crippen LogP) is 2.90. The minimum atomic E-state index is 0.258. The van der Waals surface area contributed by atoms with Gasteiger partial charge >= 0.3 is 0 Å². The molecule has 90 valence electrons. The fourth-order valence-corrected chi connectivity index (χ4v) is 4.23. The molecule has 1 saturated heterocycles. The fourth-order valence-electron chi connectivity index (χ4n) is 1.56. The number of hydrogen-bond donors (Lipinski definition) is 0. The van der Waals surface area contributed by atoms with Gasteiger partial charge in [-0.25, -0.2) is 4.98 Å². The maximum absolute atomic E-state index is 5.65. The Morgan fingerprint density at radius 2 is 2.12 bits per heavy atom. The van der Waals surface area contributed by atoms with Crippen LogP contribution >= 0.6 is 23.5 Å². The Kier molecular flexibility index (Phi) is 3.11. The van der Waals surface area contributed by atoms with Crippen LogP contribution in [0.3, 0.4) is 0 Å². The molecule has 1 fully saturated rings. The van der Waals surface area contributed by atoms with Crippen molar-refractivity contribution < 1.29 is 8.83 Å². The molecule has 0 spiro atoms. The van der Waals surface area contributed by atoms with Crippen molar-refractivity contribution in [2.24, 2.45) is 0 Å². The predicted molar refractivity (Wildman–Crippen MR) is 66.8 cm³/mol. The molecule has 3 heterocycles. The van der Waals surface area contributed by atoms with Gasteiger partial charge in [-0.2, -0.15) is 0 Å². The maximum atomic E-state index is 5.65. The van der Waals surface area contributed by atoms with Gasteiger partial charge in [-0.15, -0.1) is 33.7 Å². The second-order valence-corrected chi connectivity index (χ2v) is 6.36. The van der Waals surface area contributed by atoms with Gasteiger partial charge in [0, 0.05) is 0 Å². The maximum Gasteiger partial charge on any atom is 0.285 e. The van der Waals surface area contributed by atoms with E-state index >= 15 is 0 Å². The lowest BCUT2D eigenvalue weighted by Crippen LogP contribution is -2.00. The highest BCUT2D eigenvalue weighted by Crippen LogP contribution is 2.43. The van der Waals surface area contributed by atoms with Crippen molar-refractivity contribution in [1.82, 2.24) is 15.2 Å². The van der Waals surface area contributed by atoms with E-state index in [4.69, 9.17) is 8.83 Å². The first-order valence-electron chi connectivity index (χ1n) is 5.31. The average molecular weight is 269 g/mol. The highest BCUT2D eigenvalue weighted by atomic mass is 32.2. The van der Waals surface area contributed by atoms with E-state index in [1.807, 2.05) is 30.4 Å². The van der Waals surface area contributed by atoms with Crippen molar-refractivity contribution in [3.8, 4) is 11.7 Å². The largest absolute Gasteiger partial charge is 0.438 e. The summed E-state index contributed by atoms with van der Waals surface area (Å²) in [5.41, 5.74) is 0.768. The summed E-state index contributed by atoms with van der Waals surface area (Å²) < 4.78 is 11.1. The molecule has 1 aliphatic rings. The molecule has 5 nitrogen and oxygen atoms in total. The number of nitrogens with zero attached hydrogens (tertiary/aromatic N) is 3. The summed E-state index contributed by atoms with van der Waals surface area (Å²) >= 11 is 3.70. The molecular weight excluding hydrogens is 258 g/mol. The lowest BCUT2D eigenvalue weighted by atomic mass is 10.4. The third-order valence-corrected chi connectivity index (χ3v) is 5.28. The molecule has 0 bridgehead atoms. The zero-order chi connectivity index (χ0) is 11.7. The van der Waals surface area contributed by atoms with E-state index in [1.54, 1.807) is 0 Å². The smallest absolute Gasteiger partial charge is 0.285 e. The number of oxazole rings is 1. The molecule has 2 aromatic heterocycles. The van der Waals surface area contributed by atoms with Gasteiger partial charge in [0.1, 0.15) is 4.58 Å². The molecule has 2 aromatic rings. The number of thioether (sulfide) groups is 2. The molecule has 0 aromatic carbocycles. The number of hydrogen-bond acceptors (Lipinski definition) is 7. The van der Waals surface area contributed by atoms with Gasteiger partial charge in [0.25, 0.3) is 5.89 Å². The second kappa shape index (κ2) is 4.73. The summed E-state index contributed by atoms with van der Waals surface area (Å²) in [6, 6.07) is 0. The SMILES string of the molecule is Cc1ncoc1-c1nnc(C2SCCCS2)o1.